The van der Waals surface area contributed by atoms with E-state index in [4.69, 9.17) is 4.74 Å². The van der Waals surface area contributed by atoms with Gasteiger partial charge in [-0.05, 0) is 29.8 Å². The van der Waals surface area contributed by atoms with Gasteiger partial charge in [-0.25, -0.2) is 4.39 Å². The molecule has 2 heterocycles. The van der Waals surface area contributed by atoms with Gasteiger partial charge in [-0.3, -0.25) is 4.79 Å². The number of halogens is 2. The number of amides is 1. The molecule has 4 rings (SSSR count). The number of nitrogens with zero attached hydrogens (tertiary/aromatic N) is 2. The minimum atomic E-state index is -0.279. The van der Waals surface area contributed by atoms with Crippen molar-refractivity contribution in [3.05, 3.63) is 53.8 Å². The number of hydrogen-bond donors (Lipinski definition) is 1. The van der Waals surface area contributed by atoms with E-state index < -0.39 is 0 Å². The summed E-state index contributed by atoms with van der Waals surface area (Å²) in [4.78, 5) is 16.4. The summed E-state index contributed by atoms with van der Waals surface area (Å²) in [6, 6.07) is 12.1. The highest BCUT2D eigenvalue weighted by molar-refractivity contribution is 5.99. The van der Waals surface area contributed by atoms with Crippen LogP contribution in [0.1, 0.15) is 5.56 Å². The van der Waals surface area contributed by atoms with Crippen molar-refractivity contribution in [1.29, 1.82) is 0 Å². The maximum Gasteiger partial charge on any atom is 0.265 e. The summed E-state index contributed by atoms with van der Waals surface area (Å²) in [7, 11) is 0. The van der Waals surface area contributed by atoms with E-state index in [1.807, 2.05) is 18.2 Å². The van der Waals surface area contributed by atoms with Crippen molar-refractivity contribution in [1.82, 2.24) is 5.32 Å². The quantitative estimate of drug-likeness (QED) is 0.893. The van der Waals surface area contributed by atoms with Crippen molar-refractivity contribution in [3.63, 3.8) is 0 Å². The number of nitrogens with one attached hydrogen (secondary N) is 1. The zero-order valence-electron chi connectivity index (χ0n) is 14.3. The highest BCUT2D eigenvalue weighted by Crippen LogP contribution is 2.41. The van der Waals surface area contributed by atoms with Crippen LogP contribution in [0.2, 0.25) is 0 Å². The first-order valence-corrected chi connectivity index (χ1v) is 8.49. The fraction of sp³-hybridized carbons (Fsp3) is 0.316. The molecule has 7 heteroatoms. The van der Waals surface area contributed by atoms with Crippen molar-refractivity contribution in [2.75, 3.05) is 42.6 Å². The van der Waals surface area contributed by atoms with Gasteiger partial charge < -0.3 is 19.9 Å². The first-order chi connectivity index (χ1) is 12.2. The molecule has 0 saturated carbocycles. The first-order valence-electron chi connectivity index (χ1n) is 8.49. The summed E-state index contributed by atoms with van der Waals surface area (Å²) in [5.41, 5.74) is 2.68. The molecule has 138 valence electrons. The Kier molecular flexibility index (Phi) is 5.64. The molecule has 1 amide bonds. The average molecular weight is 378 g/mol. The summed E-state index contributed by atoms with van der Waals surface area (Å²) in [5, 5.41) is 3.34. The molecule has 0 aliphatic carbocycles. The summed E-state index contributed by atoms with van der Waals surface area (Å²) in [6.07, 6.45) is 0. The predicted octanol–water partition coefficient (Wildman–Crippen LogP) is 2.58. The third-order valence-electron chi connectivity index (χ3n) is 4.62. The Morgan fingerprint density at radius 2 is 1.73 bits per heavy atom. The van der Waals surface area contributed by atoms with Crippen LogP contribution in [0.4, 0.5) is 15.8 Å². The van der Waals surface area contributed by atoms with E-state index in [9.17, 15) is 9.18 Å². The Labute approximate surface area is 158 Å². The molecule has 2 aliphatic heterocycles. The standard InChI is InChI=1S/C19H20FN3O2.ClH/c20-15-6-4-14(5-7-15)12-23-17-3-1-2-16(19(17)25-13-18(23)24)22-10-8-21-9-11-22;/h1-7,21H,8-13H2;1H. The smallest absolute Gasteiger partial charge is 0.265 e. The fourth-order valence-electron chi connectivity index (χ4n) is 3.32. The van der Waals surface area contributed by atoms with Crippen LogP contribution in [0.3, 0.4) is 0 Å². The Bertz CT molecular complexity index is 779. The van der Waals surface area contributed by atoms with Gasteiger partial charge in [0, 0.05) is 26.2 Å². The lowest BCUT2D eigenvalue weighted by Gasteiger charge is -2.35. The Hall–Kier alpha value is -2.31. The van der Waals surface area contributed by atoms with Crippen LogP contribution in [0.5, 0.6) is 5.75 Å². The lowest BCUT2D eigenvalue weighted by atomic mass is 10.1. The van der Waals surface area contributed by atoms with Gasteiger partial charge in [0.2, 0.25) is 0 Å². The van der Waals surface area contributed by atoms with E-state index >= 15 is 0 Å². The summed E-state index contributed by atoms with van der Waals surface area (Å²) >= 11 is 0. The second-order valence-electron chi connectivity index (χ2n) is 6.26. The van der Waals surface area contributed by atoms with Crippen molar-refractivity contribution in [2.45, 2.75) is 6.54 Å². The van der Waals surface area contributed by atoms with Crippen molar-refractivity contribution < 1.29 is 13.9 Å². The van der Waals surface area contributed by atoms with Gasteiger partial charge >= 0.3 is 0 Å². The third-order valence-corrected chi connectivity index (χ3v) is 4.62. The molecule has 2 aromatic carbocycles. The van der Waals surface area contributed by atoms with Gasteiger partial charge in [-0.15, -0.1) is 12.4 Å². The maximum absolute atomic E-state index is 13.1. The van der Waals surface area contributed by atoms with E-state index in [2.05, 4.69) is 10.2 Å². The van der Waals surface area contributed by atoms with Crippen molar-refractivity contribution >= 4 is 29.7 Å². The number of fused-ring (bicyclic) bond motifs is 1. The van der Waals surface area contributed by atoms with Gasteiger partial charge in [-0.2, -0.15) is 0 Å². The molecule has 0 aromatic heterocycles. The van der Waals surface area contributed by atoms with E-state index in [1.54, 1.807) is 17.0 Å². The number of benzene rings is 2. The molecule has 1 saturated heterocycles. The number of ether oxygens (including phenoxy) is 1. The normalized spacial score (nSPS) is 16.6. The SMILES string of the molecule is Cl.O=C1COc2c(N3CCNCC3)cccc2N1Cc1ccc(F)cc1. The number of carbonyl (C=O) groups excluding carboxylic acids is 1. The van der Waals surface area contributed by atoms with Gasteiger partial charge in [0.1, 0.15) is 5.82 Å². The van der Waals surface area contributed by atoms with Crippen LogP contribution in [0, 0.1) is 5.82 Å². The lowest BCUT2D eigenvalue weighted by molar-refractivity contribution is -0.121. The second-order valence-corrected chi connectivity index (χ2v) is 6.26. The van der Waals surface area contributed by atoms with E-state index in [1.165, 1.54) is 12.1 Å². The minimum Gasteiger partial charge on any atom is -0.479 e. The maximum atomic E-state index is 13.1. The third kappa shape index (κ3) is 3.61. The molecule has 26 heavy (non-hydrogen) atoms. The number of carbonyl (C=O) groups is 1. The summed E-state index contributed by atoms with van der Waals surface area (Å²) < 4.78 is 18.9. The summed E-state index contributed by atoms with van der Waals surface area (Å²) in [5.74, 6) is 0.388. The minimum absolute atomic E-state index is 0. The molecule has 5 nitrogen and oxygen atoms in total. The topological polar surface area (TPSA) is 44.8 Å². The molecule has 0 unspecified atom stereocenters. The molecule has 0 spiro atoms. The van der Waals surface area contributed by atoms with Gasteiger partial charge in [0.25, 0.3) is 5.91 Å². The monoisotopic (exact) mass is 377 g/mol. The number of hydrogen-bond acceptors (Lipinski definition) is 4. The molecular weight excluding hydrogens is 357 g/mol. The Morgan fingerprint density at radius 3 is 2.46 bits per heavy atom. The van der Waals surface area contributed by atoms with Crippen molar-refractivity contribution in [3.8, 4) is 5.75 Å². The molecule has 0 bridgehead atoms. The molecule has 1 N–H and O–H groups in total. The Balaban J connectivity index is 0.00000196. The first kappa shape index (κ1) is 18.5. The fourth-order valence-corrected chi connectivity index (χ4v) is 3.32. The number of rotatable bonds is 3. The van der Waals surface area contributed by atoms with Crippen LogP contribution in [-0.2, 0) is 11.3 Å². The average Bonchev–Trinajstić information content (AvgIpc) is 2.66. The van der Waals surface area contributed by atoms with Crippen LogP contribution >= 0.6 is 12.4 Å². The van der Waals surface area contributed by atoms with Crippen LogP contribution in [0.25, 0.3) is 0 Å². The molecule has 2 aliphatic rings. The highest BCUT2D eigenvalue weighted by Gasteiger charge is 2.29. The van der Waals surface area contributed by atoms with Gasteiger partial charge in [0.05, 0.1) is 17.9 Å². The Morgan fingerprint density at radius 1 is 1.04 bits per heavy atom. The largest absolute Gasteiger partial charge is 0.479 e. The molecule has 0 atom stereocenters. The van der Waals surface area contributed by atoms with Crippen molar-refractivity contribution in [2.24, 2.45) is 0 Å². The van der Waals surface area contributed by atoms with E-state index in [0.717, 1.165) is 48.9 Å². The van der Waals surface area contributed by atoms with Crippen LogP contribution in [0.15, 0.2) is 42.5 Å². The lowest BCUT2D eigenvalue weighted by Crippen LogP contribution is -2.44. The van der Waals surface area contributed by atoms with E-state index in [-0.39, 0.29) is 30.7 Å². The van der Waals surface area contributed by atoms with Crippen LogP contribution < -0.4 is 19.9 Å². The number of para-hydroxylation sites is 1. The van der Waals surface area contributed by atoms with E-state index in [0.29, 0.717) is 6.54 Å². The second kappa shape index (κ2) is 7.93. The summed E-state index contributed by atoms with van der Waals surface area (Å²) in [6.45, 7) is 4.11. The van der Waals surface area contributed by atoms with Crippen LogP contribution in [-0.4, -0.2) is 38.7 Å². The molecule has 1 fully saturated rings. The number of piperazine rings is 1. The zero-order valence-corrected chi connectivity index (χ0v) is 15.1. The molecule has 0 radical (unpaired) electrons. The molecular formula is C19H21ClFN3O2. The molecule has 2 aromatic rings. The highest BCUT2D eigenvalue weighted by atomic mass is 35.5. The van der Waals surface area contributed by atoms with Gasteiger partial charge in [-0.1, -0.05) is 18.2 Å². The zero-order chi connectivity index (χ0) is 17.2. The predicted molar refractivity (Wildman–Crippen MR) is 102 cm³/mol. The number of anilines is 2. The van der Waals surface area contributed by atoms with Gasteiger partial charge in [0.15, 0.2) is 12.4 Å².